The Hall–Kier alpha value is -1.84. The van der Waals surface area contributed by atoms with E-state index in [1.54, 1.807) is 0 Å². The van der Waals surface area contributed by atoms with Crippen molar-refractivity contribution >= 4 is 11.6 Å². The number of pyridine rings is 1. The molecule has 2 aromatic rings. The van der Waals surface area contributed by atoms with Crippen LogP contribution in [-0.4, -0.2) is 21.3 Å². The van der Waals surface area contributed by atoms with Gasteiger partial charge in [0.1, 0.15) is 5.65 Å². The van der Waals surface area contributed by atoms with E-state index in [1.165, 1.54) is 17.0 Å². The molecule has 4 heteroatoms. The summed E-state index contributed by atoms with van der Waals surface area (Å²) in [5.74, 6) is 0.351. The molecule has 1 unspecified atom stereocenters. The second-order valence-electron chi connectivity index (χ2n) is 6.16. The zero-order valence-electron chi connectivity index (χ0n) is 11.7. The number of nitrogens with one attached hydrogen (secondary N) is 1. The van der Waals surface area contributed by atoms with Crippen molar-refractivity contribution in [2.24, 2.45) is 5.92 Å². The summed E-state index contributed by atoms with van der Waals surface area (Å²) in [5, 5.41) is 3.14. The zero-order valence-corrected chi connectivity index (χ0v) is 11.7. The number of aromatic nitrogens is 2. The fraction of sp³-hybridized carbons (Fsp3) is 0.500. The molecule has 0 aromatic carbocycles. The van der Waals surface area contributed by atoms with Crippen molar-refractivity contribution in [2.75, 3.05) is 0 Å². The second-order valence-corrected chi connectivity index (χ2v) is 6.16. The van der Waals surface area contributed by atoms with Crippen LogP contribution in [0.1, 0.15) is 36.2 Å². The Balaban J connectivity index is 1.64. The third kappa shape index (κ3) is 1.99. The van der Waals surface area contributed by atoms with Gasteiger partial charge in [-0.3, -0.25) is 4.79 Å². The molecule has 2 aromatic heterocycles. The molecule has 20 heavy (non-hydrogen) atoms. The van der Waals surface area contributed by atoms with E-state index in [9.17, 15) is 4.79 Å². The lowest BCUT2D eigenvalue weighted by atomic mass is 9.89. The molecule has 104 valence electrons. The molecule has 2 heterocycles. The fourth-order valence-corrected chi connectivity index (χ4v) is 3.08. The van der Waals surface area contributed by atoms with Gasteiger partial charge in [0.25, 0.3) is 0 Å². The van der Waals surface area contributed by atoms with Gasteiger partial charge in [0.15, 0.2) is 0 Å². The minimum atomic E-state index is 0.115. The molecule has 1 saturated carbocycles. The van der Waals surface area contributed by atoms with Crippen LogP contribution in [0.3, 0.4) is 0 Å². The molecule has 1 N–H and O–H groups in total. The summed E-state index contributed by atoms with van der Waals surface area (Å²) in [5.41, 5.74) is 4.63. The van der Waals surface area contributed by atoms with Crippen LogP contribution in [0.15, 0.2) is 18.3 Å². The Morgan fingerprint density at radius 1 is 1.40 bits per heavy atom. The maximum atomic E-state index is 12.2. The van der Waals surface area contributed by atoms with Gasteiger partial charge in [0.05, 0.1) is 5.69 Å². The smallest absolute Gasteiger partial charge is 0.223 e. The van der Waals surface area contributed by atoms with Crippen molar-refractivity contribution in [1.29, 1.82) is 0 Å². The Morgan fingerprint density at radius 2 is 2.25 bits per heavy atom. The Morgan fingerprint density at radius 3 is 3.05 bits per heavy atom. The number of carbonyl (C=O) groups excluding carboxylic acids is 1. The van der Waals surface area contributed by atoms with Crippen LogP contribution in [0, 0.1) is 12.8 Å². The van der Waals surface area contributed by atoms with Crippen molar-refractivity contribution in [2.45, 2.75) is 45.1 Å². The summed E-state index contributed by atoms with van der Waals surface area (Å²) in [7, 11) is 0. The monoisotopic (exact) mass is 269 g/mol. The van der Waals surface area contributed by atoms with Gasteiger partial charge in [-0.05, 0) is 50.3 Å². The van der Waals surface area contributed by atoms with Gasteiger partial charge in [-0.15, -0.1) is 0 Å². The molecule has 4 nitrogen and oxygen atoms in total. The number of imidazole rings is 1. The van der Waals surface area contributed by atoms with Crippen LogP contribution in [0.25, 0.3) is 5.65 Å². The van der Waals surface area contributed by atoms with Gasteiger partial charge in [-0.2, -0.15) is 0 Å². The highest BCUT2D eigenvalue weighted by Crippen LogP contribution is 2.28. The molecule has 0 radical (unpaired) electrons. The Labute approximate surface area is 118 Å². The van der Waals surface area contributed by atoms with E-state index < -0.39 is 0 Å². The van der Waals surface area contributed by atoms with Crippen molar-refractivity contribution < 1.29 is 4.79 Å². The minimum Gasteiger partial charge on any atom is -0.353 e. The average molecular weight is 269 g/mol. The summed E-state index contributed by atoms with van der Waals surface area (Å²) in [6, 6.07) is 4.66. The molecule has 1 fully saturated rings. The third-order valence-corrected chi connectivity index (χ3v) is 4.43. The van der Waals surface area contributed by atoms with Crippen molar-refractivity contribution in [3.63, 3.8) is 0 Å². The number of hydrogen-bond acceptors (Lipinski definition) is 2. The lowest BCUT2D eigenvalue weighted by Crippen LogP contribution is -2.35. The van der Waals surface area contributed by atoms with Gasteiger partial charge < -0.3 is 9.72 Å². The number of hydrogen-bond donors (Lipinski definition) is 1. The highest BCUT2D eigenvalue weighted by atomic mass is 16.2. The standard InChI is InChI=1S/C16H19N3O/c1-10-6-7-19-14-9-11(16(20)17-12-3-4-12)2-5-13(14)18-15(19)8-10/h6-8,11-12H,2-5,9H2,1H3,(H,17,20). The number of carbonyl (C=O) groups is 1. The van der Waals surface area contributed by atoms with E-state index in [2.05, 4.69) is 35.0 Å². The molecule has 1 amide bonds. The highest BCUT2D eigenvalue weighted by Gasteiger charge is 2.31. The molecule has 1 atom stereocenters. The second kappa shape index (κ2) is 4.33. The van der Waals surface area contributed by atoms with Gasteiger partial charge >= 0.3 is 0 Å². The minimum absolute atomic E-state index is 0.115. The summed E-state index contributed by atoms with van der Waals surface area (Å²) >= 11 is 0. The SMILES string of the molecule is Cc1ccn2c3c(nc2c1)CCC(C(=O)NC1CC1)C3. The lowest BCUT2D eigenvalue weighted by molar-refractivity contribution is -0.125. The number of nitrogens with zero attached hydrogens (tertiary/aromatic N) is 2. The van der Waals surface area contributed by atoms with Crippen molar-refractivity contribution in [1.82, 2.24) is 14.7 Å². The van der Waals surface area contributed by atoms with Crippen molar-refractivity contribution in [3.05, 3.63) is 35.3 Å². The van der Waals surface area contributed by atoms with Crippen LogP contribution < -0.4 is 5.32 Å². The first-order valence-corrected chi connectivity index (χ1v) is 7.47. The van der Waals surface area contributed by atoms with Gasteiger partial charge in [-0.25, -0.2) is 4.98 Å². The average Bonchev–Trinajstić information content (AvgIpc) is 3.17. The highest BCUT2D eigenvalue weighted by molar-refractivity contribution is 5.80. The maximum absolute atomic E-state index is 12.2. The zero-order chi connectivity index (χ0) is 13.7. The first-order chi connectivity index (χ1) is 9.70. The van der Waals surface area contributed by atoms with E-state index in [-0.39, 0.29) is 11.8 Å². The molecular weight excluding hydrogens is 250 g/mol. The normalized spacial score (nSPS) is 21.8. The number of rotatable bonds is 2. The molecule has 0 saturated heterocycles. The van der Waals surface area contributed by atoms with Crippen LogP contribution in [0.2, 0.25) is 0 Å². The third-order valence-electron chi connectivity index (χ3n) is 4.43. The topological polar surface area (TPSA) is 46.4 Å². The maximum Gasteiger partial charge on any atom is 0.223 e. The largest absolute Gasteiger partial charge is 0.353 e. The molecule has 2 aliphatic carbocycles. The van der Waals surface area contributed by atoms with Crippen LogP contribution in [0.5, 0.6) is 0 Å². The first-order valence-electron chi connectivity index (χ1n) is 7.47. The molecule has 0 spiro atoms. The van der Waals surface area contributed by atoms with Crippen molar-refractivity contribution in [3.8, 4) is 0 Å². The summed E-state index contributed by atoms with van der Waals surface area (Å²) in [6.07, 6.45) is 7.04. The van der Waals surface area contributed by atoms with Gasteiger partial charge in [-0.1, -0.05) is 0 Å². The molecule has 4 rings (SSSR count). The van der Waals surface area contributed by atoms with Gasteiger partial charge in [0.2, 0.25) is 5.91 Å². The number of aryl methyl sites for hydroxylation is 2. The number of amides is 1. The quantitative estimate of drug-likeness (QED) is 0.906. The summed E-state index contributed by atoms with van der Waals surface area (Å²) < 4.78 is 2.15. The van der Waals surface area contributed by atoms with E-state index in [0.717, 1.165) is 37.8 Å². The predicted molar refractivity (Wildman–Crippen MR) is 76.6 cm³/mol. The van der Waals surface area contributed by atoms with Crippen LogP contribution >= 0.6 is 0 Å². The number of fused-ring (bicyclic) bond motifs is 3. The molecule has 0 aliphatic heterocycles. The molecule has 2 aliphatic rings. The van der Waals surface area contributed by atoms with Crippen LogP contribution in [-0.2, 0) is 17.6 Å². The van der Waals surface area contributed by atoms with E-state index in [1.807, 2.05) is 0 Å². The summed E-state index contributed by atoms with van der Waals surface area (Å²) in [6.45, 7) is 2.08. The van der Waals surface area contributed by atoms with E-state index >= 15 is 0 Å². The Kier molecular flexibility index (Phi) is 2.59. The van der Waals surface area contributed by atoms with E-state index in [4.69, 9.17) is 4.98 Å². The Bertz CT molecular complexity index is 684. The lowest BCUT2D eigenvalue weighted by Gasteiger charge is -2.21. The van der Waals surface area contributed by atoms with Crippen LogP contribution in [0.4, 0.5) is 0 Å². The van der Waals surface area contributed by atoms with Gasteiger partial charge in [0, 0.05) is 30.3 Å². The predicted octanol–water partition coefficient (Wildman–Crippen LogP) is 2.03. The molecular formula is C16H19N3O. The van der Waals surface area contributed by atoms with E-state index in [0.29, 0.717) is 6.04 Å². The summed E-state index contributed by atoms with van der Waals surface area (Å²) in [4.78, 5) is 16.9. The first kappa shape index (κ1) is 11.9. The fourth-order valence-electron chi connectivity index (χ4n) is 3.08. The molecule has 0 bridgehead atoms.